The predicted octanol–water partition coefficient (Wildman–Crippen LogP) is 2.80. The zero-order chi connectivity index (χ0) is 13.7. The Bertz CT molecular complexity index is 379. The van der Waals surface area contributed by atoms with Crippen molar-refractivity contribution in [3.05, 3.63) is 28.2 Å². The number of hydrogen-bond donors (Lipinski definition) is 1. The molecule has 1 rings (SSSR count). The first-order valence-corrected chi connectivity index (χ1v) is 7.16. The van der Waals surface area contributed by atoms with E-state index in [0.717, 1.165) is 29.8 Å². The van der Waals surface area contributed by atoms with Crippen molar-refractivity contribution in [2.24, 2.45) is 0 Å². The molecule has 3 nitrogen and oxygen atoms in total. The summed E-state index contributed by atoms with van der Waals surface area (Å²) in [5.74, 6) is 0. The molecule has 1 unspecified atom stereocenters. The van der Waals surface area contributed by atoms with Gasteiger partial charge in [-0.05, 0) is 45.3 Å². The van der Waals surface area contributed by atoms with Crippen LogP contribution in [0.1, 0.15) is 19.4 Å². The second kappa shape index (κ2) is 7.12. The van der Waals surface area contributed by atoms with E-state index in [-0.39, 0.29) is 0 Å². The summed E-state index contributed by atoms with van der Waals surface area (Å²) in [6.45, 7) is 7.46. The van der Waals surface area contributed by atoms with E-state index in [0.29, 0.717) is 6.04 Å². The molecule has 0 saturated heterocycles. The second-order valence-corrected chi connectivity index (χ2v) is 5.93. The standard InChI is InChI=1S/C14H24BrN3/c1-5-18(11(2)9-17(3)4)10-12-6-7-13(15)8-14(12)16/h6-8,11H,5,9-10,16H2,1-4H3. The average molecular weight is 314 g/mol. The van der Waals surface area contributed by atoms with Crippen LogP contribution in [-0.4, -0.2) is 43.0 Å². The Morgan fingerprint density at radius 1 is 1.33 bits per heavy atom. The van der Waals surface area contributed by atoms with Crippen molar-refractivity contribution >= 4 is 21.6 Å². The highest BCUT2D eigenvalue weighted by molar-refractivity contribution is 9.10. The Labute approximate surface area is 119 Å². The lowest BCUT2D eigenvalue weighted by atomic mass is 10.1. The van der Waals surface area contributed by atoms with Crippen LogP contribution in [0.4, 0.5) is 5.69 Å². The average Bonchev–Trinajstić information content (AvgIpc) is 2.27. The molecule has 1 aromatic carbocycles. The summed E-state index contributed by atoms with van der Waals surface area (Å²) in [6.07, 6.45) is 0. The van der Waals surface area contributed by atoms with Crippen LogP contribution in [0.5, 0.6) is 0 Å². The number of halogens is 1. The fraction of sp³-hybridized carbons (Fsp3) is 0.571. The molecule has 0 aliphatic carbocycles. The van der Waals surface area contributed by atoms with Gasteiger partial charge in [0.1, 0.15) is 0 Å². The van der Waals surface area contributed by atoms with Crippen molar-refractivity contribution in [2.45, 2.75) is 26.4 Å². The molecule has 0 fully saturated rings. The van der Waals surface area contributed by atoms with E-state index in [2.05, 4.69) is 65.8 Å². The van der Waals surface area contributed by atoms with Crippen molar-refractivity contribution in [2.75, 3.05) is 32.9 Å². The van der Waals surface area contributed by atoms with E-state index in [9.17, 15) is 0 Å². The van der Waals surface area contributed by atoms with Gasteiger partial charge in [0.05, 0.1) is 0 Å². The molecule has 0 aromatic heterocycles. The van der Waals surface area contributed by atoms with E-state index in [4.69, 9.17) is 5.73 Å². The Balaban J connectivity index is 2.73. The van der Waals surface area contributed by atoms with Crippen LogP contribution in [0.15, 0.2) is 22.7 Å². The lowest BCUT2D eigenvalue weighted by molar-refractivity contribution is 0.174. The lowest BCUT2D eigenvalue weighted by Crippen LogP contribution is -2.39. The summed E-state index contributed by atoms with van der Waals surface area (Å²) in [4.78, 5) is 4.66. The highest BCUT2D eigenvalue weighted by Crippen LogP contribution is 2.20. The minimum Gasteiger partial charge on any atom is -0.398 e. The summed E-state index contributed by atoms with van der Waals surface area (Å²) in [7, 11) is 4.22. The molecule has 1 aromatic rings. The van der Waals surface area contributed by atoms with Crippen LogP contribution in [0.25, 0.3) is 0 Å². The Morgan fingerprint density at radius 2 is 2.00 bits per heavy atom. The van der Waals surface area contributed by atoms with E-state index in [1.807, 2.05) is 6.07 Å². The van der Waals surface area contributed by atoms with Gasteiger partial charge in [0.25, 0.3) is 0 Å². The van der Waals surface area contributed by atoms with Gasteiger partial charge in [0, 0.05) is 29.3 Å². The fourth-order valence-corrected chi connectivity index (χ4v) is 2.53. The van der Waals surface area contributed by atoms with Gasteiger partial charge < -0.3 is 10.6 Å². The number of anilines is 1. The van der Waals surface area contributed by atoms with Gasteiger partial charge in [-0.25, -0.2) is 0 Å². The number of nitrogens with zero attached hydrogens (tertiary/aromatic N) is 2. The first-order chi connectivity index (χ1) is 8.43. The van der Waals surface area contributed by atoms with Gasteiger partial charge in [0.15, 0.2) is 0 Å². The first kappa shape index (κ1) is 15.5. The highest BCUT2D eigenvalue weighted by Gasteiger charge is 2.14. The molecule has 1 atom stereocenters. The smallest absolute Gasteiger partial charge is 0.0371 e. The molecule has 0 heterocycles. The minimum atomic E-state index is 0.521. The third-order valence-corrected chi connectivity index (χ3v) is 3.63. The molecule has 0 amide bonds. The van der Waals surface area contributed by atoms with Gasteiger partial charge >= 0.3 is 0 Å². The molecular weight excluding hydrogens is 290 g/mol. The molecular formula is C14H24BrN3. The van der Waals surface area contributed by atoms with Gasteiger partial charge in [0.2, 0.25) is 0 Å². The van der Waals surface area contributed by atoms with Crippen LogP contribution in [0, 0.1) is 0 Å². The van der Waals surface area contributed by atoms with Crippen LogP contribution in [-0.2, 0) is 6.54 Å². The van der Waals surface area contributed by atoms with E-state index in [1.54, 1.807) is 0 Å². The summed E-state index contributed by atoms with van der Waals surface area (Å²) in [5, 5.41) is 0. The monoisotopic (exact) mass is 313 g/mol. The molecule has 0 bridgehead atoms. The fourth-order valence-electron chi connectivity index (χ4n) is 2.15. The van der Waals surface area contributed by atoms with Gasteiger partial charge in [-0.1, -0.05) is 28.9 Å². The van der Waals surface area contributed by atoms with Gasteiger partial charge in [-0.3, -0.25) is 4.90 Å². The van der Waals surface area contributed by atoms with Crippen molar-refractivity contribution in [3.63, 3.8) is 0 Å². The quantitative estimate of drug-likeness (QED) is 0.820. The Hall–Kier alpha value is -0.580. The first-order valence-electron chi connectivity index (χ1n) is 6.36. The maximum Gasteiger partial charge on any atom is 0.0371 e. The van der Waals surface area contributed by atoms with Crippen molar-refractivity contribution in [1.82, 2.24) is 9.80 Å². The lowest BCUT2D eigenvalue weighted by Gasteiger charge is -2.30. The van der Waals surface area contributed by atoms with Crippen LogP contribution in [0.2, 0.25) is 0 Å². The molecule has 102 valence electrons. The zero-order valence-electron chi connectivity index (χ0n) is 11.8. The molecule has 0 aliphatic rings. The maximum absolute atomic E-state index is 6.06. The van der Waals surface area contributed by atoms with Crippen molar-refractivity contribution in [1.29, 1.82) is 0 Å². The molecule has 0 radical (unpaired) electrons. The van der Waals surface area contributed by atoms with Crippen LogP contribution >= 0.6 is 15.9 Å². The Kier molecular flexibility index (Phi) is 6.12. The number of nitrogen functional groups attached to an aromatic ring is 1. The SMILES string of the molecule is CCN(Cc1ccc(Br)cc1N)C(C)CN(C)C. The topological polar surface area (TPSA) is 32.5 Å². The number of rotatable bonds is 6. The third kappa shape index (κ3) is 4.59. The number of nitrogens with two attached hydrogens (primary N) is 1. The molecule has 18 heavy (non-hydrogen) atoms. The molecule has 0 spiro atoms. The highest BCUT2D eigenvalue weighted by atomic mass is 79.9. The molecule has 0 aliphatic heterocycles. The summed E-state index contributed by atoms with van der Waals surface area (Å²) in [5.41, 5.74) is 8.12. The number of hydrogen-bond acceptors (Lipinski definition) is 3. The third-order valence-electron chi connectivity index (χ3n) is 3.14. The van der Waals surface area contributed by atoms with Gasteiger partial charge in [-0.2, -0.15) is 0 Å². The van der Waals surface area contributed by atoms with Crippen molar-refractivity contribution in [3.8, 4) is 0 Å². The van der Waals surface area contributed by atoms with Crippen molar-refractivity contribution < 1.29 is 0 Å². The minimum absolute atomic E-state index is 0.521. The van der Waals surface area contributed by atoms with E-state index < -0.39 is 0 Å². The van der Waals surface area contributed by atoms with E-state index in [1.165, 1.54) is 5.56 Å². The van der Waals surface area contributed by atoms with E-state index >= 15 is 0 Å². The predicted molar refractivity (Wildman–Crippen MR) is 82.7 cm³/mol. The second-order valence-electron chi connectivity index (χ2n) is 5.02. The number of likely N-dealkylation sites (N-methyl/N-ethyl adjacent to an activating group) is 2. The molecule has 2 N–H and O–H groups in total. The number of benzene rings is 1. The summed E-state index contributed by atoms with van der Waals surface area (Å²) >= 11 is 3.44. The normalized spacial score (nSPS) is 13.3. The van der Waals surface area contributed by atoms with Gasteiger partial charge in [-0.15, -0.1) is 0 Å². The maximum atomic E-state index is 6.06. The largest absolute Gasteiger partial charge is 0.398 e. The summed E-state index contributed by atoms with van der Waals surface area (Å²) < 4.78 is 1.04. The summed E-state index contributed by atoms with van der Waals surface area (Å²) in [6, 6.07) is 6.65. The zero-order valence-corrected chi connectivity index (χ0v) is 13.4. The van der Waals surface area contributed by atoms with Crippen LogP contribution in [0.3, 0.4) is 0 Å². The Morgan fingerprint density at radius 3 is 2.50 bits per heavy atom. The molecule has 4 heteroatoms. The molecule has 0 saturated carbocycles. The van der Waals surface area contributed by atoms with Crippen LogP contribution < -0.4 is 5.73 Å².